The number of aryl methyl sites for hydroxylation is 1. The third kappa shape index (κ3) is 4.81. The van der Waals surface area contributed by atoms with Gasteiger partial charge in [0.25, 0.3) is 0 Å². The molecule has 0 aliphatic carbocycles. The van der Waals surface area contributed by atoms with Crippen LogP contribution in [0.2, 0.25) is 5.02 Å². The van der Waals surface area contributed by atoms with Gasteiger partial charge in [-0.15, -0.1) is 11.3 Å². The highest BCUT2D eigenvalue weighted by atomic mass is 35.5. The number of hydrazone groups is 1. The molecule has 4 nitrogen and oxygen atoms in total. The molecule has 1 N–H and O–H groups in total. The van der Waals surface area contributed by atoms with Crippen LogP contribution in [0.1, 0.15) is 16.8 Å². The van der Waals surface area contributed by atoms with E-state index >= 15 is 0 Å². The highest BCUT2D eigenvalue weighted by Gasteiger charge is 1.98. The highest BCUT2D eigenvalue weighted by molar-refractivity contribution is 7.13. The van der Waals surface area contributed by atoms with E-state index in [1.54, 1.807) is 6.21 Å². The number of nitrogens with one attached hydrogen (secondary N) is 1. The average molecular weight is 358 g/mol. The normalized spacial score (nSPS) is 10.9. The van der Waals surface area contributed by atoms with Gasteiger partial charge < -0.3 is 4.74 Å². The topological polar surface area (TPSA) is 46.5 Å². The summed E-state index contributed by atoms with van der Waals surface area (Å²) in [4.78, 5) is 4.29. The Hall–Kier alpha value is -2.37. The summed E-state index contributed by atoms with van der Waals surface area (Å²) in [6, 6.07) is 15.4. The molecule has 0 saturated heterocycles. The number of aromatic nitrogens is 1. The zero-order valence-electron chi connectivity index (χ0n) is 13.1. The molecule has 0 bridgehead atoms. The van der Waals surface area contributed by atoms with Gasteiger partial charge in [0.05, 0.1) is 11.9 Å². The van der Waals surface area contributed by atoms with E-state index in [0.29, 0.717) is 6.61 Å². The molecule has 3 aromatic rings. The lowest BCUT2D eigenvalue weighted by Crippen LogP contribution is -1.96. The number of anilines is 1. The average Bonchev–Trinajstić information content (AvgIpc) is 3.00. The van der Waals surface area contributed by atoms with Crippen LogP contribution in [-0.2, 0) is 6.61 Å². The van der Waals surface area contributed by atoms with Crippen molar-refractivity contribution in [3.63, 3.8) is 0 Å². The summed E-state index contributed by atoms with van der Waals surface area (Å²) in [6.07, 6.45) is 1.74. The zero-order valence-corrected chi connectivity index (χ0v) is 14.6. The van der Waals surface area contributed by atoms with E-state index in [-0.39, 0.29) is 0 Å². The largest absolute Gasteiger partial charge is 0.489 e. The van der Waals surface area contributed by atoms with E-state index in [0.717, 1.165) is 32.7 Å². The molecule has 0 atom stereocenters. The van der Waals surface area contributed by atoms with Gasteiger partial charge in [-0.1, -0.05) is 35.9 Å². The van der Waals surface area contributed by atoms with Gasteiger partial charge in [-0.25, -0.2) is 4.98 Å². The lowest BCUT2D eigenvalue weighted by atomic mass is 10.2. The Labute approximate surface area is 149 Å². The maximum absolute atomic E-state index is 5.88. The molecule has 0 saturated carbocycles. The second kappa shape index (κ2) is 7.95. The van der Waals surface area contributed by atoms with E-state index in [4.69, 9.17) is 16.3 Å². The first-order valence-electron chi connectivity index (χ1n) is 7.37. The molecule has 1 aromatic heterocycles. The molecule has 6 heteroatoms. The Kier molecular flexibility index (Phi) is 5.46. The molecule has 0 fully saturated rings. The summed E-state index contributed by atoms with van der Waals surface area (Å²) in [7, 11) is 0. The van der Waals surface area contributed by atoms with E-state index < -0.39 is 0 Å². The van der Waals surface area contributed by atoms with Crippen molar-refractivity contribution >= 4 is 34.3 Å². The van der Waals surface area contributed by atoms with Gasteiger partial charge in [-0.3, -0.25) is 5.43 Å². The van der Waals surface area contributed by atoms with Crippen molar-refractivity contribution in [1.82, 2.24) is 4.98 Å². The van der Waals surface area contributed by atoms with Crippen molar-refractivity contribution in [2.75, 3.05) is 5.43 Å². The quantitative estimate of drug-likeness (QED) is 0.491. The Morgan fingerprint density at radius 2 is 2.08 bits per heavy atom. The second-order valence-electron chi connectivity index (χ2n) is 5.15. The van der Waals surface area contributed by atoms with E-state index in [2.05, 4.69) is 15.5 Å². The molecule has 1 heterocycles. The van der Waals surface area contributed by atoms with Gasteiger partial charge in [-0.05, 0) is 42.3 Å². The van der Waals surface area contributed by atoms with Gasteiger partial charge in [-0.2, -0.15) is 5.10 Å². The number of benzene rings is 2. The second-order valence-corrected chi connectivity index (χ2v) is 6.45. The fraction of sp³-hybridized carbons (Fsp3) is 0.111. The number of ether oxygens (including phenoxy) is 1. The van der Waals surface area contributed by atoms with Crippen molar-refractivity contribution in [2.24, 2.45) is 5.10 Å². The third-order valence-corrected chi connectivity index (χ3v) is 4.29. The Morgan fingerprint density at radius 1 is 1.25 bits per heavy atom. The number of nitrogens with zero attached hydrogens (tertiary/aromatic N) is 2. The van der Waals surface area contributed by atoms with E-state index in [1.165, 1.54) is 11.3 Å². The van der Waals surface area contributed by atoms with Crippen LogP contribution in [0.3, 0.4) is 0 Å². The van der Waals surface area contributed by atoms with Crippen LogP contribution in [0.25, 0.3) is 0 Å². The van der Waals surface area contributed by atoms with Gasteiger partial charge in [0.1, 0.15) is 12.4 Å². The van der Waals surface area contributed by atoms with Crippen molar-refractivity contribution in [3.8, 4) is 5.75 Å². The summed E-state index contributed by atoms with van der Waals surface area (Å²) < 4.78 is 5.81. The fourth-order valence-corrected chi connectivity index (χ4v) is 2.76. The van der Waals surface area contributed by atoms with Crippen molar-refractivity contribution < 1.29 is 4.74 Å². The van der Waals surface area contributed by atoms with Gasteiger partial charge in [0.15, 0.2) is 0 Å². The Bertz CT molecular complexity index is 830. The number of hydrogen-bond donors (Lipinski definition) is 1. The van der Waals surface area contributed by atoms with Crippen LogP contribution in [-0.4, -0.2) is 11.2 Å². The SMILES string of the molecule is Cc1csc(NN=Cc2cccc(OCc3ccc(Cl)cc3)c2)n1. The van der Waals surface area contributed by atoms with Gasteiger partial charge >= 0.3 is 0 Å². The minimum absolute atomic E-state index is 0.494. The molecule has 0 aliphatic rings. The van der Waals surface area contributed by atoms with E-state index in [9.17, 15) is 0 Å². The molecule has 24 heavy (non-hydrogen) atoms. The maximum atomic E-state index is 5.88. The maximum Gasteiger partial charge on any atom is 0.203 e. The molecular weight excluding hydrogens is 342 g/mol. The number of hydrogen-bond acceptors (Lipinski definition) is 5. The predicted octanol–water partition coefficient (Wildman–Crippen LogP) is 5.13. The lowest BCUT2D eigenvalue weighted by Gasteiger charge is -2.07. The molecule has 0 unspecified atom stereocenters. The molecule has 0 aliphatic heterocycles. The smallest absolute Gasteiger partial charge is 0.203 e. The van der Waals surface area contributed by atoms with Crippen LogP contribution in [0, 0.1) is 6.92 Å². The molecule has 2 aromatic carbocycles. The third-order valence-electron chi connectivity index (χ3n) is 3.17. The summed E-state index contributed by atoms with van der Waals surface area (Å²) in [5, 5.41) is 7.67. The monoisotopic (exact) mass is 357 g/mol. The van der Waals surface area contributed by atoms with Crippen molar-refractivity contribution in [2.45, 2.75) is 13.5 Å². The van der Waals surface area contributed by atoms with Crippen LogP contribution < -0.4 is 10.2 Å². The molecule has 0 radical (unpaired) electrons. The van der Waals surface area contributed by atoms with Crippen molar-refractivity contribution in [1.29, 1.82) is 0 Å². The van der Waals surface area contributed by atoms with Crippen LogP contribution in [0.5, 0.6) is 5.75 Å². The predicted molar refractivity (Wildman–Crippen MR) is 100 cm³/mol. The molecule has 3 rings (SSSR count). The van der Waals surface area contributed by atoms with Crippen LogP contribution >= 0.6 is 22.9 Å². The molecule has 0 amide bonds. The standard InChI is InChI=1S/C18H16ClN3OS/c1-13-12-24-18(21-13)22-20-10-15-3-2-4-17(9-15)23-11-14-5-7-16(19)8-6-14/h2-10,12H,11H2,1H3,(H,21,22). The van der Waals surface area contributed by atoms with Crippen LogP contribution in [0.4, 0.5) is 5.13 Å². The van der Waals surface area contributed by atoms with Crippen molar-refractivity contribution in [3.05, 3.63) is 75.8 Å². The minimum Gasteiger partial charge on any atom is -0.489 e. The molecular formula is C18H16ClN3OS. The Morgan fingerprint density at radius 3 is 2.83 bits per heavy atom. The first kappa shape index (κ1) is 16.5. The fourth-order valence-electron chi connectivity index (χ4n) is 2.00. The number of thiazole rings is 1. The minimum atomic E-state index is 0.494. The van der Waals surface area contributed by atoms with E-state index in [1.807, 2.05) is 60.8 Å². The summed E-state index contributed by atoms with van der Waals surface area (Å²) >= 11 is 7.40. The molecule has 122 valence electrons. The highest BCUT2D eigenvalue weighted by Crippen LogP contribution is 2.17. The number of rotatable bonds is 6. The van der Waals surface area contributed by atoms with Gasteiger partial charge in [0, 0.05) is 10.4 Å². The summed E-state index contributed by atoms with van der Waals surface area (Å²) in [5.41, 5.74) is 5.92. The number of halogens is 1. The summed E-state index contributed by atoms with van der Waals surface area (Å²) in [6.45, 7) is 2.45. The molecule has 0 spiro atoms. The lowest BCUT2D eigenvalue weighted by molar-refractivity contribution is 0.306. The van der Waals surface area contributed by atoms with Crippen LogP contribution in [0.15, 0.2) is 59.0 Å². The van der Waals surface area contributed by atoms with Gasteiger partial charge in [0.2, 0.25) is 5.13 Å². The zero-order chi connectivity index (χ0) is 16.8. The first-order chi connectivity index (χ1) is 11.7. The summed E-state index contributed by atoms with van der Waals surface area (Å²) in [5.74, 6) is 0.791. The first-order valence-corrected chi connectivity index (χ1v) is 8.63. The Balaban J connectivity index is 1.58.